The normalized spacial score (nSPS) is 12.6. The summed E-state index contributed by atoms with van der Waals surface area (Å²) in [6.07, 6.45) is 0.811. The molecule has 2 N–H and O–H groups in total. The first kappa shape index (κ1) is 14.6. The summed E-state index contributed by atoms with van der Waals surface area (Å²) in [6, 6.07) is 1.64. The fraction of sp³-hybridized carbons (Fsp3) is 0.636. The van der Waals surface area contributed by atoms with Crippen molar-refractivity contribution >= 4 is 21.4 Å². The zero-order valence-corrected chi connectivity index (χ0v) is 12.1. The molecule has 98 valence electrons. The number of hydrogen-bond acceptors (Lipinski definition) is 4. The summed E-state index contributed by atoms with van der Waals surface area (Å²) in [4.78, 5) is 1.26. The van der Waals surface area contributed by atoms with Crippen molar-refractivity contribution in [2.45, 2.75) is 44.7 Å². The van der Waals surface area contributed by atoms with E-state index in [1.165, 1.54) is 15.6 Å². The molecule has 0 aliphatic carbocycles. The summed E-state index contributed by atoms with van der Waals surface area (Å²) >= 11 is 1.39. The second kappa shape index (κ2) is 5.95. The molecule has 1 aromatic heterocycles. The summed E-state index contributed by atoms with van der Waals surface area (Å²) in [5.74, 6) is 0. The average molecular weight is 276 g/mol. The van der Waals surface area contributed by atoms with Gasteiger partial charge in [0, 0.05) is 29.4 Å². The average Bonchev–Trinajstić information content (AvgIpc) is 2.74. The van der Waals surface area contributed by atoms with Gasteiger partial charge in [-0.3, -0.25) is 0 Å². The van der Waals surface area contributed by atoms with E-state index in [4.69, 9.17) is 5.73 Å². The molecule has 1 aromatic rings. The molecule has 0 amide bonds. The zero-order chi connectivity index (χ0) is 13.1. The third kappa shape index (κ3) is 3.28. The van der Waals surface area contributed by atoms with Crippen LogP contribution in [-0.2, 0) is 16.6 Å². The SMILES string of the molecule is CCCN(C(C)C)S(=O)(=O)c1csc(CN)c1. The molecule has 17 heavy (non-hydrogen) atoms. The van der Waals surface area contributed by atoms with Crippen molar-refractivity contribution < 1.29 is 8.42 Å². The number of nitrogens with two attached hydrogens (primary N) is 1. The maximum atomic E-state index is 12.4. The Morgan fingerprint density at radius 3 is 2.53 bits per heavy atom. The third-order valence-electron chi connectivity index (χ3n) is 2.46. The first-order valence-electron chi connectivity index (χ1n) is 5.72. The van der Waals surface area contributed by atoms with Crippen molar-refractivity contribution in [2.75, 3.05) is 6.54 Å². The summed E-state index contributed by atoms with van der Waals surface area (Å²) in [5, 5.41) is 1.67. The molecule has 0 radical (unpaired) electrons. The van der Waals surface area contributed by atoms with Gasteiger partial charge in [-0.25, -0.2) is 8.42 Å². The van der Waals surface area contributed by atoms with Gasteiger partial charge in [-0.2, -0.15) is 4.31 Å². The summed E-state index contributed by atoms with van der Waals surface area (Å²) in [7, 11) is -3.36. The van der Waals surface area contributed by atoms with E-state index in [2.05, 4.69) is 0 Å². The first-order chi connectivity index (χ1) is 7.93. The van der Waals surface area contributed by atoms with Crippen molar-refractivity contribution in [3.63, 3.8) is 0 Å². The molecule has 0 spiro atoms. The topological polar surface area (TPSA) is 63.4 Å². The lowest BCUT2D eigenvalue weighted by atomic mass is 10.4. The fourth-order valence-corrected chi connectivity index (χ4v) is 4.49. The van der Waals surface area contributed by atoms with E-state index < -0.39 is 10.0 Å². The molecule has 6 heteroatoms. The van der Waals surface area contributed by atoms with Crippen molar-refractivity contribution in [3.05, 3.63) is 16.3 Å². The number of thiophene rings is 1. The first-order valence-corrected chi connectivity index (χ1v) is 8.04. The van der Waals surface area contributed by atoms with Crippen LogP contribution in [0, 0.1) is 0 Å². The Morgan fingerprint density at radius 2 is 2.12 bits per heavy atom. The minimum Gasteiger partial charge on any atom is -0.326 e. The predicted molar refractivity (Wildman–Crippen MR) is 71.5 cm³/mol. The molecular weight excluding hydrogens is 256 g/mol. The standard InChI is InChI=1S/C11H20N2O2S2/c1-4-5-13(9(2)3)17(14,15)11-6-10(7-12)16-8-11/h6,8-9H,4-5,7,12H2,1-3H3. The van der Waals surface area contributed by atoms with Crippen LogP contribution in [0.5, 0.6) is 0 Å². The van der Waals surface area contributed by atoms with Crippen molar-refractivity contribution in [1.29, 1.82) is 0 Å². The monoisotopic (exact) mass is 276 g/mol. The van der Waals surface area contributed by atoms with Gasteiger partial charge in [-0.05, 0) is 26.3 Å². The number of nitrogens with zero attached hydrogens (tertiary/aromatic N) is 1. The minimum absolute atomic E-state index is 0.0267. The van der Waals surface area contributed by atoms with E-state index in [-0.39, 0.29) is 6.04 Å². The third-order valence-corrected chi connectivity index (χ3v) is 5.62. The predicted octanol–water partition coefficient (Wildman–Crippen LogP) is 2.02. The van der Waals surface area contributed by atoms with Crippen LogP contribution >= 0.6 is 11.3 Å². The van der Waals surface area contributed by atoms with Gasteiger partial charge in [0.25, 0.3) is 0 Å². The molecule has 0 aliphatic rings. The molecule has 0 bridgehead atoms. The van der Waals surface area contributed by atoms with E-state index in [9.17, 15) is 8.42 Å². The van der Waals surface area contributed by atoms with Crippen LogP contribution in [0.1, 0.15) is 32.1 Å². The minimum atomic E-state index is -3.36. The van der Waals surface area contributed by atoms with E-state index in [1.807, 2.05) is 20.8 Å². The second-order valence-electron chi connectivity index (χ2n) is 4.16. The van der Waals surface area contributed by atoms with Gasteiger partial charge in [0.1, 0.15) is 0 Å². The van der Waals surface area contributed by atoms with Crippen LogP contribution in [0.3, 0.4) is 0 Å². The molecule has 1 heterocycles. The molecule has 0 saturated heterocycles. The second-order valence-corrected chi connectivity index (χ2v) is 7.05. The fourth-order valence-electron chi connectivity index (χ4n) is 1.61. The maximum absolute atomic E-state index is 12.4. The lowest BCUT2D eigenvalue weighted by Gasteiger charge is -2.24. The Bertz CT molecular complexity index is 452. The smallest absolute Gasteiger partial charge is 0.244 e. The van der Waals surface area contributed by atoms with Gasteiger partial charge in [0.2, 0.25) is 10.0 Å². The number of hydrogen-bond donors (Lipinski definition) is 1. The van der Waals surface area contributed by atoms with Gasteiger partial charge < -0.3 is 5.73 Å². The van der Waals surface area contributed by atoms with Gasteiger partial charge in [0.15, 0.2) is 0 Å². The lowest BCUT2D eigenvalue weighted by Crippen LogP contribution is -2.37. The van der Waals surface area contributed by atoms with Crippen LogP contribution in [0.2, 0.25) is 0 Å². The van der Waals surface area contributed by atoms with Crippen LogP contribution in [0.4, 0.5) is 0 Å². The van der Waals surface area contributed by atoms with E-state index in [0.717, 1.165) is 11.3 Å². The molecule has 0 unspecified atom stereocenters. The molecular formula is C11H20N2O2S2. The highest BCUT2D eigenvalue weighted by Gasteiger charge is 2.26. The molecule has 0 atom stereocenters. The van der Waals surface area contributed by atoms with E-state index >= 15 is 0 Å². The number of sulfonamides is 1. The van der Waals surface area contributed by atoms with Crippen LogP contribution in [0.25, 0.3) is 0 Å². The van der Waals surface area contributed by atoms with Gasteiger partial charge >= 0.3 is 0 Å². The molecule has 0 saturated carbocycles. The quantitative estimate of drug-likeness (QED) is 0.864. The number of rotatable bonds is 6. The Morgan fingerprint density at radius 1 is 1.47 bits per heavy atom. The molecule has 4 nitrogen and oxygen atoms in total. The molecule has 0 aromatic carbocycles. The maximum Gasteiger partial charge on any atom is 0.244 e. The largest absolute Gasteiger partial charge is 0.326 e. The van der Waals surface area contributed by atoms with E-state index in [1.54, 1.807) is 11.4 Å². The lowest BCUT2D eigenvalue weighted by molar-refractivity contribution is 0.354. The summed E-state index contributed by atoms with van der Waals surface area (Å²) < 4.78 is 26.3. The van der Waals surface area contributed by atoms with E-state index in [0.29, 0.717) is 18.0 Å². The Labute approximate surface area is 107 Å². The zero-order valence-electron chi connectivity index (χ0n) is 10.5. The van der Waals surface area contributed by atoms with Crippen LogP contribution in [0.15, 0.2) is 16.3 Å². The summed E-state index contributed by atoms with van der Waals surface area (Å²) in [6.45, 7) is 6.69. The van der Waals surface area contributed by atoms with Crippen molar-refractivity contribution in [1.82, 2.24) is 4.31 Å². The van der Waals surface area contributed by atoms with Crippen molar-refractivity contribution in [2.24, 2.45) is 5.73 Å². The highest BCUT2D eigenvalue weighted by molar-refractivity contribution is 7.89. The van der Waals surface area contributed by atoms with Crippen molar-refractivity contribution in [3.8, 4) is 0 Å². The Balaban J connectivity index is 3.07. The van der Waals surface area contributed by atoms with Gasteiger partial charge in [0.05, 0.1) is 4.90 Å². The summed E-state index contributed by atoms with van der Waals surface area (Å²) in [5.41, 5.74) is 5.50. The highest BCUT2D eigenvalue weighted by Crippen LogP contribution is 2.23. The highest BCUT2D eigenvalue weighted by atomic mass is 32.2. The van der Waals surface area contributed by atoms with Crippen LogP contribution in [-0.4, -0.2) is 25.3 Å². The molecule has 0 aliphatic heterocycles. The van der Waals surface area contributed by atoms with Gasteiger partial charge in [-0.15, -0.1) is 11.3 Å². The Kier molecular flexibility index (Phi) is 5.12. The Hall–Kier alpha value is -0.430. The molecule has 0 fully saturated rings. The van der Waals surface area contributed by atoms with Crippen LogP contribution < -0.4 is 5.73 Å². The van der Waals surface area contributed by atoms with Gasteiger partial charge in [-0.1, -0.05) is 6.92 Å². The molecule has 1 rings (SSSR count).